The summed E-state index contributed by atoms with van der Waals surface area (Å²) in [6.45, 7) is 5.84. The highest BCUT2D eigenvalue weighted by molar-refractivity contribution is 5.08. The van der Waals surface area contributed by atoms with Crippen molar-refractivity contribution in [2.24, 2.45) is 0 Å². The highest BCUT2D eigenvalue weighted by Crippen LogP contribution is 2.02. The maximum Gasteiger partial charge on any atom is -0.0348 e. The number of unbranched alkanes of at least 4 members (excludes halogenated alkanes) is 4. The molecular weight excluding hydrogens is 144 g/mol. The minimum atomic E-state index is 1.21. The molecule has 0 atom stereocenters. The Balaban J connectivity index is 3.13. The second-order valence-corrected chi connectivity index (χ2v) is 2.90. The molecule has 0 bridgehead atoms. The molecule has 0 nitrogen and oxygen atoms in total. The lowest BCUT2D eigenvalue weighted by Gasteiger charge is -1.92. The van der Waals surface area contributed by atoms with Gasteiger partial charge in [0.15, 0.2) is 0 Å². The third-order valence-electron chi connectivity index (χ3n) is 1.72. The van der Waals surface area contributed by atoms with Crippen molar-refractivity contribution in [3.05, 3.63) is 37.0 Å². The van der Waals surface area contributed by atoms with Crippen LogP contribution in [0.15, 0.2) is 37.0 Å². The lowest BCUT2D eigenvalue weighted by Crippen LogP contribution is -1.72. The van der Waals surface area contributed by atoms with Gasteiger partial charge in [0.25, 0.3) is 0 Å². The summed E-state index contributed by atoms with van der Waals surface area (Å²) in [5, 5.41) is 0. The van der Waals surface area contributed by atoms with Crippen molar-refractivity contribution in [3.63, 3.8) is 0 Å². The van der Waals surface area contributed by atoms with Crippen LogP contribution in [0, 0.1) is 0 Å². The van der Waals surface area contributed by atoms with Gasteiger partial charge in [0.05, 0.1) is 0 Å². The van der Waals surface area contributed by atoms with Gasteiger partial charge in [-0.05, 0) is 12.8 Å². The third-order valence-corrected chi connectivity index (χ3v) is 1.72. The van der Waals surface area contributed by atoms with E-state index in [0.29, 0.717) is 0 Å². The first-order valence-corrected chi connectivity index (χ1v) is 4.86. The average Bonchev–Trinajstić information content (AvgIpc) is 2.10. The summed E-state index contributed by atoms with van der Waals surface area (Å²) < 4.78 is 0. The number of hydrogen-bond donors (Lipinski definition) is 0. The topological polar surface area (TPSA) is 0 Å². The SMILES string of the molecule is C=C/C=C\C=C\CCCCCC. The Hall–Kier alpha value is -0.780. The van der Waals surface area contributed by atoms with Gasteiger partial charge in [0.1, 0.15) is 0 Å². The molecule has 0 N–H and O–H groups in total. The first-order chi connectivity index (χ1) is 5.91. The molecule has 0 fully saturated rings. The Labute approximate surface area is 76.7 Å². The van der Waals surface area contributed by atoms with Gasteiger partial charge < -0.3 is 0 Å². The Morgan fingerprint density at radius 3 is 2.50 bits per heavy atom. The maximum absolute atomic E-state index is 3.60. The van der Waals surface area contributed by atoms with Crippen LogP contribution < -0.4 is 0 Å². The molecule has 0 aliphatic carbocycles. The molecule has 0 saturated carbocycles. The van der Waals surface area contributed by atoms with Crippen molar-refractivity contribution < 1.29 is 0 Å². The van der Waals surface area contributed by atoms with Crippen molar-refractivity contribution in [2.45, 2.75) is 39.0 Å². The van der Waals surface area contributed by atoms with Gasteiger partial charge in [0.2, 0.25) is 0 Å². The van der Waals surface area contributed by atoms with Crippen molar-refractivity contribution in [2.75, 3.05) is 0 Å². The van der Waals surface area contributed by atoms with Gasteiger partial charge in [-0.25, -0.2) is 0 Å². The summed E-state index contributed by atoms with van der Waals surface area (Å²) in [5.41, 5.74) is 0. The van der Waals surface area contributed by atoms with Crippen LogP contribution >= 0.6 is 0 Å². The van der Waals surface area contributed by atoms with Crippen LogP contribution in [0.1, 0.15) is 39.0 Å². The van der Waals surface area contributed by atoms with E-state index in [9.17, 15) is 0 Å². The van der Waals surface area contributed by atoms with Crippen molar-refractivity contribution in [3.8, 4) is 0 Å². The summed E-state index contributed by atoms with van der Waals surface area (Å²) in [6, 6.07) is 0. The zero-order valence-electron chi connectivity index (χ0n) is 8.13. The molecule has 0 aromatic carbocycles. The molecule has 0 aromatic rings. The Morgan fingerprint density at radius 1 is 1.00 bits per heavy atom. The van der Waals surface area contributed by atoms with Crippen LogP contribution in [0.5, 0.6) is 0 Å². The standard InChI is InChI=1S/C12H20/c1-3-5-7-9-11-12-10-8-6-4-2/h3,5,7,9,11H,1,4,6,8,10,12H2,2H3/b7-5-,11-9+. The normalized spacial score (nSPS) is 11.4. The first kappa shape index (κ1) is 11.2. The second kappa shape index (κ2) is 10.2. The number of hydrogen-bond acceptors (Lipinski definition) is 0. The molecule has 0 spiro atoms. The molecule has 0 saturated heterocycles. The molecule has 0 heterocycles. The molecule has 0 aromatic heterocycles. The fourth-order valence-corrected chi connectivity index (χ4v) is 1.01. The van der Waals surface area contributed by atoms with E-state index >= 15 is 0 Å². The second-order valence-electron chi connectivity index (χ2n) is 2.90. The molecule has 0 unspecified atom stereocenters. The largest absolute Gasteiger partial charge is 0.0991 e. The van der Waals surface area contributed by atoms with E-state index in [1.807, 2.05) is 12.2 Å². The molecule has 68 valence electrons. The molecule has 0 heteroatoms. The lowest BCUT2D eigenvalue weighted by atomic mass is 10.1. The van der Waals surface area contributed by atoms with Gasteiger partial charge >= 0.3 is 0 Å². The number of allylic oxidation sites excluding steroid dienone is 5. The van der Waals surface area contributed by atoms with Gasteiger partial charge in [-0.2, -0.15) is 0 Å². The van der Waals surface area contributed by atoms with Gasteiger partial charge in [0, 0.05) is 0 Å². The Morgan fingerprint density at radius 2 is 1.83 bits per heavy atom. The van der Waals surface area contributed by atoms with E-state index in [1.165, 1.54) is 32.1 Å². The molecule has 0 rings (SSSR count). The Kier molecular flexibility index (Phi) is 9.56. The summed E-state index contributed by atoms with van der Waals surface area (Å²) in [4.78, 5) is 0. The highest BCUT2D eigenvalue weighted by Gasteiger charge is 1.82. The van der Waals surface area contributed by atoms with Crippen molar-refractivity contribution in [1.82, 2.24) is 0 Å². The van der Waals surface area contributed by atoms with E-state index in [0.717, 1.165) is 0 Å². The lowest BCUT2D eigenvalue weighted by molar-refractivity contribution is 0.674. The smallest absolute Gasteiger partial charge is 0.0348 e. The highest BCUT2D eigenvalue weighted by atomic mass is 13.9. The summed E-state index contributed by atoms with van der Waals surface area (Å²) >= 11 is 0. The molecular formula is C12H20. The fraction of sp³-hybridized carbons (Fsp3) is 0.500. The predicted molar refractivity (Wildman–Crippen MR) is 57.2 cm³/mol. The van der Waals surface area contributed by atoms with Crippen molar-refractivity contribution >= 4 is 0 Å². The number of rotatable bonds is 7. The first-order valence-electron chi connectivity index (χ1n) is 4.86. The maximum atomic E-state index is 3.60. The van der Waals surface area contributed by atoms with E-state index in [1.54, 1.807) is 6.08 Å². The van der Waals surface area contributed by atoms with E-state index < -0.39 is 0 Å². The molecule has 0 radical (unpaired) electrons. The van der Waals surface area contributed by atoms with Crippen LogP contribution in [-0.2, 0) is 0 Å². The monoisotopic (exact) mass is 164 g/mol. The van der Waals surface area contributed by atoms with E-state index in [2.05, 4.69) is 25.7 Å². The van der Waals surface area contributed by atoms with Crippen LogP contribution in [0.2, 0.25) is 0 Å². The van der Waals surface area contributed by atoms with Crippen LogP contribution in [0.3, 0.4) is 0 Å². The van der Waals surface area contributed by atoms with Crippen LogP contribution in [-0.4, -0.2) is 0 Å². The average molecular weight is 164 g/mol. The van der Waals surface area contributed by atoms with Gasteiger partial charge in [-0.3, -0.25) is 0 Å². The van der Waals surface area contributed by atoms with Crippen molar-refractivity contribution in [1.29, 1.82) is 0 Å². The predicted octanol–water partition coefficient (Wildman–Crippen LogP) is 4.26. The van der Waals surface area contributed by atoms with E-state index in [4.69, 9.17) is 0 Å². The summed E-state index contributed by atoms with van der Waals surface area (Å²) in [6.07, 6.45) is 16.7. The fourth-order valence-electron chi connectivity index (χ4n) is 1.01. The quantitative estimate of drug-likeness (QED) is 0.389. The summed E-state index contributed by atoms with van der Waals surface area (Å²) in [7, 11) is 0. The molecule has 0 aliphatic heterocycles. The van der Waals surface area contributed by atoms with Gasteiger partial charge in [-0.1, -0.05) is 63.1 Å². The van der Waals surface area contributed by atoms with Crippen LogP contribution in [0.4, 0.5) is 0 Å². The van der Waals surface area contributed by atoms with E-state index in [-0.39, 0.29) is 0 Å². The summed E-state index contributed by atoms with van der Waals surface area (Å²) in [5.74, 6) is 0. The molecule has 0 aliphatic rings. The van der Waals surface area contributed by atoms with Crippen LogP contribution in [0.25, 0.3) is 0 Å². The Bertz CT molecular complexity index is 140. The third kappa shape index (κ3) is 9.22. The molecule has 0 amide bonds. The van der Waals surface area contributed by atoms with Gasteiger partial charge in [-0.15, -0.1) is 0 Å². The minimum Gasteiger partial charge on any atom is -0.0991 e. The zero-order valence-corrected chi connectivity index (χ0v) is 8.13. The minimum absolute atomic E-state index is 1.21. The zero-order chi connectivity index (χ0) is 9.07. The molecule has 12 heavy (non-hydrogen) atoms.